The molecule has 5 rings (SSSR count). The van der Waals surface area contributed by atoms with Crippen LogP contribution in [0, 0.1) is 19.7 Å². The molecule has 40 heavy (non-hydrogen) atoms. The molecule has 3 heterocycles. The number of thiol groups is 1. The Morgan fingerprint density at radius 3 is 2.62 bits per heavy atom. The van der Waals surface area contributed by atoms with Crippen LogP contribution in [0.25, 0.3) is 11.3 Å². The minimum atomic E-state index is -2.99. The molecule has 4 aromatic rings. The second kappa shape index (κ2) is 12.5. The smallest absolute Gasteiger partial charge is 0.228 e. The van der Waals surface area contributed by atoms with Gasteiger partial charge in [-0.2, -0.15) is 0 Å². The van der Waals surface area contributed by atoms with Crippen LogP contribution in [0.4, 0.5) is 10.3 Å². The van der Waals surface area contributed by atoms with Crippen molar-refractivity contribution in [3.8, 4) is 22.9 Å². The van der Waals surface area contributed by atoms with Crippen molar-refractivity contribution in [3.05, 3.63) is 95.1 Å². The van der Waals surface area contributed by atoms with Gasteiger partial charge in [0.25, 0.3) is 0 Å². The van der Waals surface area contributed by atoms with Crippen molar-refractivity contribution in [1.82, 2.24) is 25.0 Å². The van der Waals surface area contributed by atoms with E-state index in [9.17, 15) is 8.42 Å². The quantitative estimate of drug-likeness (QED) is 0.221. The Morgan fingerprint density at radius 2 is 1.88 bits per heavy atom. The number of piperidine rings is 1. The third kappa shape index (κ3) is 6.27. The van der Waals surface area contributed by atoms with E-state index in [1.807, 2.05) is 12.1 Å². The third-order valence-corrected chi connectivity index (χ3v) is 7.52. The van der Waals surface area contributed by atoms with Crippen LogP contribution in [0.15, 0.2) is 67.0 Å². The zero-order valence-electron chi connectivity index (χ0n) is 22.2. The van der Waals surface area contributed by atoms with Crippen LogP contribution in [-0.4, -0.2) is 42.5 Å². The van der Waals surface area contributed by atoms with Gasteiger partial charge in [-0.3, -0.25) is 0 Å². The van der Waals surface area contributed by atoms with E-state index in [1.165, 1.54) is 6.07 Å². The van der Waals surface area contributed by atoms with Crippen molar-refractivity contribution in [2.45, 2.75) is 38.8 Å². The van der Waals surface area contributed by atoms with E-state index in [0.29, 0.717) is 33.9 Å². The van der Waals surface area contributed by atoms with Gasteiger partial charge >= 0.3 is 0 Å². The largest absolute Gasteiger partial charge is 0.438 e. The van der Waals surface area contributed by atoms with Crippen LogP contribution in [0.2, 0.25) is 0 Å². The first kappa shape index (κ1) is 27.6. The molecule has 208 valence electrons. The number of hydrogen-bond acceptors (Lipinski definition) is 8. The Morgan fingerprint density at radius 1 is 1.05 bits per heavy atom. The van der Waals surface area contributed by atoms with Gasteiger partial charge in [-0.25, -0.2) is 32.5 Å². The van der Waals surface area contributed by atoms with E-state index < -0.39 is 22.7 Å². The number of nitrogens with zero attached hydrogens (tertiary/aromatic N) is 3. The maximum Gasteiger partial charge on any atom is 0.228 e. The number of anilines is 1. The molecule has 0 radical (unpaired) electrons. The van der Waals surface area contributed by atoms with Gasteiger partial charge in [0.2, 0.25) is 22.7 Å². The van der Waals surface area contributed by atoms with Gasteiger partial charge in [0, 0.05) is 36.6 Å². The average Bonchev–Trinajstić information content (AvgIpc) is 2.96. The first-order valence-corrected chi connectivity index (χ1v) is 14.3. The predicted octanol–water partition coefficient (Wildman–Crippen LogP) is 4.46. The summed E-state index contributed by atoms with van der Waals surface area (Å²) in [5.41, 5.74) is 3.33. The lowest BCUT2D eigenvalue weighted by molar-refractivity contribution is 0.453. The molecule has 1 aliphatic heterocycles. The lowest BCUT2D eigenvalue weighted by Gasteiger charge is -2.24. The lowest BCUT2D eigenvalue weighted by Crippen LogP contribution is -2.38. The Balaban J connectivity index is 1.47. The van der Waals surface area contributed by atoms with E-state index in [4.69, 9.17) is 4.74 Å². The fourth-order valence-electron chi connectivity index (χ4n) is 4.89. The molecular formula is C29H31FN6O3S. The van der Waals surface area contributed by atoms with Gasteiger partial charge in [-0.05, 0) is 68.1 Å². The van der Waals surface area contributed by atoms with Crippen LogP contribution < -0.4 is 20.1 Å². The van der Waals surface area contributed by atoms with Gasteiger partial charge in [-0.1, -0.05) is 30.3 Å². The highest BCUT2D eigenvalue weighted by Gasteiger charge is 2.25. The zero-order chi connectivity index (χ0) is 28.1. The summed E-state index contributed by atoms with van der Waals surface area (Å²) in [5.74, 6) is 0.460. The van der Waals surface area contributed by atoms with Gasteiger partial charge < -0.3 is 15.4 Å². The molecule has 9 nitrogen and oxygen atoms in total. The number of rotatable bonds is 9. The molecule has 1 aliphatic rings. The Hall–Kier alpha value is -3.93. The fourth-order valence-corrected chi connectivity index (χ4v) is 5.38. The van der Waals surface area contributed by atoms with Crippen molar-refractivity contribution >= 4 is 16.8 Å². The van der Waals surface area contributed by atoms with E-state index >= 15 is 4.39 Å². The maximum atomic E-state index is 15.7. The number of halogens is 1. The second-order valence-electron chi connectivity index (χ2n) is 9.66. The van der Waals surface area contributed by atoms with Crippen LogP contribution in [0.1, 0.15) is 41.1 Å². The Kier molecular flexibility index (Phi) is 8.63. The lowest BCUT2D eigenvalue weighted by atomic mass is 9.92. The monoisotopic (exact) mass is 562 g/mol. The minimum absolute atomic E-state index is 0.236. The molecule has 1 saturated heterocycles. The molecule has 0 unspecified atom stereocenters. The molecule has 1 fully saturated rings. The molecule has 11 heteroatoms. The number of ether oxygens (including phenoxy) is 1. The van der Waals surface area contributed by atoms with Crippen LogP contribution >= 0.6 is 0 Å². The van der Waals surface area contributed by atoms with E-state index in [0.717, 1.165) is 25.9 Å². The summed E-state index contributed by atoms with van der Waals surface area (Å²) in [6, 6.07) is 14.9. The molecule has 2 aromatic carbocycles. The van der Waals surface area contributed by atoms with Gasteiger partial charge in [-0.15, -0.1) is 0 Å². The highest BCUT2D eigenvalue weighted by atomic mass is 32.2. The van der Waals surface area contributed by atoms with Gasteiger partial charge in [0.15, 0.2) is 0 Å². The topological polar surface area (TPSA) is 118 Å². The first-order valence-electron chi connectivity index (χ1n) is 13.1. The van der Waals surface area contributed by atoms with Gasteiger partial charge in [0.1, 0.15) is 11.6 Å². The van der Waals surface area contributed by atoms with Crippen LogP contribution in [-0.2, 0) is 10.9 Å². The summed E-state index contributed by atoms with van der Waals surface area (Å²) in [7, 11) is -2.99. The van der Waals surface area contributed by atoms with E-state index in [2.05, 4.69) is 30.3 Å². The van der Waals surface area contributed by atoms with Crippen molar-refractivity contribution in [2.24, 2.45) is 0 Å². The van der Waals surface area contributed by atoms with Crippen molar-refractivity contribution in [3.63, 3.8) is 0 Å². The van der Waals surface area contributed by atoms with Crippen molar-refractivity contribution < 1.29 is 17.5 Å². The molecule has 0 saturated carbocycles. The first-order chi connectivity index (χ1) is 19.4. The third-order valence-electron chi connectivity index (χ3n) is 7.05. The molecule has 0 spiro atoms. The molecule has 0 bridgehead atoms. The summed E-state index contributed by atoms with van der Waals surface area (Å²) in [5, 5.41) is 6.75. The summed E-state index contributed by atoms with van der Waals surface area (Å²) >= 11 is 0. The molecule has 0 amide bonds. The highest BCUT2D eigenvalue weighted by Crippen LogP contribution is 2.37. The maximum absolute atomic E-state index is 15.7. The molecular weight excluding hydrogens is 531 g/mol. The summed E-state index contributed by atoms with van der Waals surface area (Å²) in [4.78, 5) is 13.5. The fraction of sp³-hybridized carbons (Fsp3) is 0.276. The average molecular weight is 563 g/mol. The molecule has 0 aliphatic carbocycles. The summed E-state index contributed by atoms with van der Waals surface area (Å²) in [6.07, 6.45) is 5.40. The standard InChI is InChI=1S/C29H31FN6O3S/c1-18-19(2)26(27(36-40(37)38)20-8-4-3-5-9-20)23(30)16-25(18)39-28-22(11-7-14-32-28)24-12-15-33-29(35-24)34-21-10-6-13-31-17-21/h3-5,7-9,11-12,14-16,21,27,31,40H,6,10,13,17H2,1-2H3,(H,33,34,35)(H,36,37,38)/t21-,27-/m0/s1. The summed E-state index contributed by atoms with van der Waals surface area (Å²) in [6.45, 7) is 5.41. The Labute approximate surface area is 234 Å². The molecule has 2 aromatic heterocycles. The number of aromatic nitrogens is 3. The SMILES string of the molecule is Cc1c(Oc2ncccc2-c2ccnc(N[C@H]3CCCNC3)n2)cc(F)c([C@@H](N[SH](=O)=O)c2ccccc2)c1C. The summed E-state index contributed by atoms with van der Waals surface area (Å²) < 4.78 is 47.7. The number of benzene rings is 2. The van der Waals surface area contributed by atoms with Crippen LogP contribution in [0.5, 0.6) is 11.6 Å². The van der Waals surface area contributed by atoms with Gasteiger partial charge in [0.05, 0.1) is 17.3 Å². The van der Waals surface area contributed by atoms with E-state index in [-0.39, 0.29) is 23.2 Å². The van der Waals surface area contributed by atoms with Crippen molar-refractivity contribution in [2.75, 3.05) is 18.4 Å². The number of pyridine rings is 1. The highest BCUT2D eigenvalue weighted by molar-refractivity contribution is 7.70. The molecule has 3 N–H and O–H groups in total. The molecule has 2 atom stereocenters. The Bertz CT molecular complexity index is 1550. The number of nitrogens with one attached hydrogen (secondary N) is 3. The minimum Gasteiger partial charge on any atom is -0.438 e. The van der Waals surface area contributed by atoms with Crippen LogP contribution in [0.3, 0.4) is 0 Å². The predicted molar refractivity (Wildman–Crippen MR) is 152 cm³/mol. The van der Waals surface area contributed by atoms with Crippen molar-refractivity contribution in [1.29, 1.82) is 0 Å². The second-order valence-corrected chi connectivity index (χ2v) is 10.4. The normalized spacial score (nSPS) is 16.1. The van der Waals surface area contributed by atoms with E-state index in [1.54, 1.807) is 62.6 Å². The zero-order valence-corrected chi connectivity index (χ0v) is 23.1. The number of hydrogen-bond donors (Lipinski definition) is 4.